The molecule has 10 aromatic rings. The van der Waals surface area contributed by atoms with Gasteiger partial charge in [-0.15, -0.1) is 0 Å². The molecule has 60 heavy (non-hydrogen) atoms. The largest absolute Gasteiger partial charge is 0.457 e. The molecule has 1 aliphatic carbocycles. The predicted molar refractivity (Wildman–Crippen MR) is 247 cm³/mol. The molecule has 0 fully saturated rings. The fourth-order valence-electron chi connectivity index (χ4n) is 10.0. The van der Waals surface area contributed by atoms with Crippen LogP contribution in [-0.2, 0) is 12.0 Å². The van der Waals surface area contributed by atoms with Crippen molar-refractivity contribution < 1.29 is 4.74 Å². The molecule has 2 heterocycles. The minimum absolute atomic E-state index is 0.611. The number of nitrogens with one attached hydrogen (secondary N) is 1. The molecule has 0 bridgehead atoms. The second-order valence-electron chi connectivity index (χ2n) is 15.9. The van der Waals surface area contributed by atoms with Gasteiger partial charge < -0.3 is 10.1 Å². The summed E-state index contributed by atoms with van der Waals surface area (Å²) in [6.45, 7) is 0.627. The number of pyridine rings is 1. The van der Waals surface area contributed by atoms with Crippen molar-refractivity contribution in [3.05, 3.63) is 240 Å². The van der Waals surface area contributed by atoms with E-state index in [4.69, 9.17) is 9.72 Å². The first-order valence-corrected chi connectivity index (χ1v) is 20.7. The molecule has 3 nitrogen and oxygen atoms in total. The maximum atomic E-state index is 6.74. The molecule has 3 heteroatoms. The van der Waals surface area contributed by atoms with E-state index in [0.29, 0.717) is 6.54 Å². The Hall–Kier alpha value is -7.75. The highest BCUT2D eigenvalue weighted by molar-refractivity contribution is 6.19. The maximum Gasteiger partial charge on any atom is 0.134 e. The van der Waals surface area contributed by atoms with Gasteiger partial charge in [-0.3, -0.25) is 0 Å². The lowest BCUT2D eigenvalue weighted by Crippen LogP contribution is -2.32. The van der Waals surface area contributed by atoms with Crippen LogP contribution in [0, 0.1) is 0 Å². The summed E-state index contributed by atoms with van der Waals surface area (Å²) in [6, 6.07) is 74.5. The van der Waals surface area contributed by atoms with Gasteiger partial charge in [-0.1, -0.05) is 176 Å². The van der Waals surface area contributed by atoms with E-state index in [2.05, 4.69) is 206 Å². The minimum Gasteiger partial charge on any atom is -0.457 e. The van der Waals surface area contributed by atoms with Gasteiger partial charge in [-0.2, -0.15) is 0 Å². The molecule has 0 unspecified atom stereocenters. The lowest BCUT2D eigenvalue weighted by atomic mass is 9.64. The van der Waals surface area contributed by atoms with E-state index < -0.39 is 5.41 Å². The maximum absolute atomic E-state index is 6.74. The Morgan fingerprint density at radius 1 is 0.417 bits per heavy atom. The third-order valence-corrected chi connectivity index (χ3v) is 12.6. The van der Waals surface area contributed by atoms with E-state index in [-0.39, 0.29) is 0 Å². The Bertz CT molecular complexity index is 3250. The Kier molecular flexibility index (Phi) is 7.82. The van der Waals surface area contributed by atoms with Crippen LogP contribution in [0.5, 0.6) is 11.5 Å². The molecule has 1 N–H and O–H groups in total. The molecular weight excluding hydrogens is 729 g/mol. The molecule has 0 saturated carbocycles. The molecule has 0 amide bonds. The zero-order valence-corrected chi connectivity index (χ0v) is 32.8. The van der Waals surface area contributed by atoms with Gasteiger partial charge in [0.15, 0.2) is 0 Å². The first-order valence-electron chi connectivity index (χ1n) is 20.7. The second kappa shape index (κ2) is 13.7. The van der Waals surface area contributed by atoms with Gasteiger partial charge in [0.1, 0.15) is 17.3 Å². The van der Waals surface area contributed by atoms with Crippen LogP contribution >= 0.6 is 0 Å². The van der Waals surface area contributed by atoms with Crippen molar-refractivity contribution in [2.24, 2.45) is 0 Å². The van der Waals surface area contributed by atoms with Crippen LogP contribution in [0.2, 0.25) is 0 Å². The Labute approximate surface area is 349 Å². The minimum atomic E-state index is -0.611. The summed E-state index contributed by atoms with van der Waals surface area (Å²) in [7, 11) is 0. The van der Waals surface area contributed by atoms with Crippen molar-refractivity contribution in [2.45, 2.75) is 12.0 Å². The number of hydrogen-bond donors (Lipinski definition) is 1. The van der Waals surface area contributed by atoms with E-state index in [0.717, 1.165) is 39.6 Å². The monoisotopic (exact) mass is 766 g/mol. The highest BCUT2D eigenvalue weighted by Gasteiger charge is 2.52. The van der Waals surface area contributed by atoms with Crippen molar-refractivity contribution >= 4 is 27.4 Å². The molecule has 282 valence electrons. The van der Waals surface area contributed by atoms with Gasteiger partial charge in [0.25, 0.3) is 0 Å². The summed E-state index contributed by atoms with van der Waals surface area (Å²) in [5.41, 5.74) is 14.9. The zero-order valence-electron chi connectivity index (χ0n) is 32.8. The topological polar surface area (TPSA) is 34.2 Å². The Morgan fingerprint density at radius 2 is 1.00 bits per heavy atom. The van der Waals surface area contributed by atoms with Crippen molar-refractivity contribution in [1.29, 1.82) is 0 Å². The molecule has 2 aliphatic rings. The molecule has 1 aromatic heterocycles. The summed E-state index contributed by atoms with van der Waals surface area (Å²) in [4.78, 5) is 4.99. The van der Waals surface area contributed by atoms with E-state index in [1.165, 1.54) is 71.6 Å². The smallest absolute Gasteiger partial charge is 0.134 e. The Morgan fingerprint density at radius 3 is 1.73 bits per heavy atom. The van der Waals surface area contributed by atoms with Crippen LogP contribution in [0.15, 0.2) is 212 Å². The SMILES string of the molecule is c1ccc(-c2cnc(NCc3cccc(-c4ccc5c(c4)C4(c6ccccc6Oc6ccccc64)c4c-5c5ccccc5c5ccccc45)c3)c(-c3ccccc3)c2)cc1. The average molecular weight is 767 g/mol. The first kappa shape index (κ1) is 34.3. The molecule has 12 rings (SSSR count). The Balaban J connectivity index is 1.01. The first-order chi connectivity index (χ1) is 29.8. The molecular formula is C57H38N2O. The number of para-hydroxylation sites is 2. The fourth-order valence-corrected chi connectivity index (χ4v) is 10.0. The number of hydrogen-bond acceptors (Lipinski definition) is 3. The van der Waals surface area contributed by atoms with Crippen LogP contribution in [0.1, 0.15) is 27.8 Å². The third kappa shape index (κ3) is 5.19. The normalized spacial score (nSPS) is 13.0. The van der Waals surface area contributed by atoms with Crippen molar-refractivity contribution in [2.75, 3.05) is 5.32 Å². The van der Waals surface area contributed by atoms with E-state index in [1.807, 2.05) is 12.3 Å². The molecule has 1 spiro atoms. The summed E-state index contributed by atoms with van der Waals surface area (Å²) < 4.78 is 6.74. The number of aromatic nitrogens is 1. The standard InChI is InChI=1S/C57H38N2O/c1-3-17-38(18-4-1)42-33-48(39-19-5-2-6-20-39)56(59-36-42)58-35-37-16-15-21-40(32-37)41-30-31-47-51(34-41)57(49-26-11-13-28-52(49)60-53-29-14-12-27-50(53)57)55-46-25-10-8-23-44(46)43-22-7-9-24-45(43)54(47)55/h1-34,36H,35H2,(H,58,59). The summed E-state index contributed by atoms with van der Waals surface area (Å²) >= 11 is 0. The summed E-state index contributed by atoms with van der Waals surface area (Å²) in [6.07, 6.45) is 1.97. The van der Waals surface area contributed by atoms with Crippen LogP contribution < -0.4 is 10.1 Å². The van der Waals surface area contributed by atoms with Crippen molar-refractivity contribution in [3.63, 3.8) is 0 Å². The average Bonchev–Trinajstić information content (AvgIpc) is 3.62. The lowest BCUT2D eigenvalue weighted by Gasteiger charge is -2.40. The molecule has 0 radical (unpaired) electrons. The highest BCUT2D eigenvalue weighted by Crippen LogP contribution is 2.65. The number of rotatable bonds is 6. The predicted octanol–water partition coefficient (Wildman–Crippen LogP) is 14.5. The summed E-state index contributed by atoms with van der Waals surface area (Å²) in [5, 5.41) is 8.79. The van der Waals surface area contributed by atoms with E-state index in [9.17, 15) is 0 Å². The number of benzene rings is 9. The van der Waals surface area contributed by atoms with Crippen LogP contribution in [0.25, 0.3) is 66.1 Å². The third-order valence-electron chi connectivity index (χ3n) is 12.6. The quantitative estimate of drug-likeness (QED) is 0.171. The number of ether oxygens (including phenoxy) is 1. The zero-order chi connectivity index (χ0) is 39.6. The molecule has 0 atom stereocenters. The van der Waals surface area contributed by atoms with Gasteiger partial charge in [0.05, 0.1) is 5.41 Å². The fraction of sp³-hybridized carbons (Fsp3) is 0.0351. The van der Waals surface area contributed by atoms with Gasteiger partial charge in [-0.25, -0.2) is 4.98 Å². The highest BCUT2D eigenvalue weighted by atomic mass is 16.5. The summed E-state index contributed by atoms with van der Waals surface area (Å²) in [5.74, 6) is 2.65. The van der Waals surface area contributed by atoms with Crippen LogP contribution in [0.3, 0.4) is 0 Å². The van der Waals surface area contributed by atoms with Gasteiger partial charge in [-0.05, 0) is 102 Å². The molecule has 0 saturated heterocycles. The molecule has 1 aliphatic heterocycles. The van der Waals surface area contributed by atoms with E-state index in [1.54, 1.807) is 0 Å². The number of nitrogens with zero attached hydrogens (tertiary/aromatic N) is 1. The van der Waals surface area contributed by atoms with Gasteiger partial charge in [0.2, 0.25) is 0 Å². The van der Waals surface area contributed by atoms with Gasteiger partial charge in [0, 0.05) is 35.0 Å². The van der Waals surface area contributed by atoms with Crippen molar-refractivity contribution in [1.82, 2.24) is 4.98 Å². The van der Waals surface area contributed by atoms with Crippen LogP contribution in [0.4, 0.5) is 5.82 Å². The number of fused-ring (bicyclic) bond motifs is 14. The van der Waals surface area contributed by atoms with E-state index >= 15 is 0 Å². The van der Waals surface area contributed by atoms with Crippen molar-refractivity contribution in [3.8, 4) is 56.0 Å². The van der Waals surface area contributed by atoms with Crippen LogP contribution in [-0.4, -0.2) is 4.98 Å². The second-order valence-corrected chi connectivity index (χ2v) is 15.9. The lowest BCUT2D eigenvalue weighted by molar-refractivity contribution is 0.437. The van der Waals surface area contributed by atoms with Gasteiger partial charge >= 0.3 is 0 Å². The number of anilines is 1. The molecule has 9 aromatic carbocycles.